The van der Waals surface area contributed by atoms with E-state index >= 15 is 0 Å². The molecule has 90 valence electrons. The van der Waals surface area contributed by atoms with Crippen molar-refractivity contribution >= 4 is 0 Å². The van der Waals surface area contributed by atoms with Gasteiger partial charge in [-0.3, -0.25) is 0 Å². The summed E-state index contributed by atoms with van der Waals surface area (Å²) in [4.78, 5) is 0. The Kier molecular flexibility index (Phi) is 3.29. The lowest BCUT2D eigenvalue weighted by Gasteiger charge is -2.06. The first-order valence-electron chi connectivity index (χ1n) is 5.94. The Labute approximate surface area is 102 Å². The van der Waals surface area contributed by atoms with Gasteiger partial charge in [0.1, 0.15) is 0 Å². The number of hydrogen-bond acceptors (Lipinski definition) is 2. The number of aromatic nitrogens is 2. The molecule has 0 saturated carbocycles. The van der Waals surface area contributed by atoms with Gasteiger partial charge < -0.3 is 5.73 Å². The van der Waals surface area contributed by atoms with E-state index in [1.165, 1.54) is 16.7 Å². The fourth-order valence-electron chi connectivity index (χ4n) is 2.08. The zero-order valence-corrected chi connectivity index (χ0v) is 10.7. The molecular formula is C14H19N3. The van der Waals surface area contributed by atoms with E-state index in [0.29, 0.717) is 6.54 Å². The summed E-state index contributed by atoms with van der Waals surface area (Å²) in [6.07, 6.45) is 2.97. The topological polar surface area (TPSA) is 43.8 Å². The first-order valence-corrected chi connectivity index (χ1v) is 5.94. The third kappa shape index (κ3) is 2.39. The maximum Gasteiger partial charge on any atom is 0.0675 e. The second-order valence-corrected chi connectivity index (χ2v) is 4.51. The molecule has 0 aliphatic heterocycles. The molecule has 1 aromatic heterocycles. The number of rotatable bonds is 3. The van der Waals surface area contributed by atoms with Crippen molar-refractivity contribution in [1.29, 1.82) is 0 Å². The lowest BCUT2D eigenvalue weighted by molar-refractivity contribution is 0.855. The van der Waals surface area contributed by atoms with Crippen LogP contribution in [-0.2, 0) is 6.42 Å². The molecule has 2 N–H and O–H groups in total. The van der Waals surface area contributed by atoms with Crippen LogP contribution in [0, 0.1) is 20.8 Å². The van der Waals surface area contributed by atoms with E-state index < -0.39 is 0 Å². The van der Waals surface area contributed by atoms with Gasteiger partial charge in [0.25, 0.3) is 0 Å². The van der Waals surface area contributed by atoms with Gasteiger partial charge >= 0.3 is 0 Å². The van der Waals surface area contributed by atoms with Gasteiger partial charge in [0.15, 0.2) is 0 Å². The third-order valence-corrected chi connectivity index (χ3v) is 3.01. The van der Waals surface area contributed by atoms with E-state index in [1.807, 2.05) is 11.6 Å². The Bertz CT molecular complexity index is 526. The average Bonchev–Trinajstić information content (AvgIpc) is 2.60. The van der Waals surface area contributed by atoms with Gasteiger partial charge in [-0.25, -0.2) is 4.68 Å². The molecule has 0 saturated heterocycles. The van der Waals surface area contributed by atoms with Gasteiger partial charge in [0, 0.05) is 6.20 Å². The molecule has 2 aromatic rings. The first kappa shape index (κ1) is 11.9. The van der Waals surface area contributed by atoms with Crippen LogP contribution >= 0.6 is 0 Å². The van der Waals surface area contributed by atoms with Gasteiger partial charge in [0.05, 0.1) is 11.4 Å². The number of benzene rings is 1. The van der Waals surface area contributed by atoms with Crippen molar-refractivity contribution in [2.75, 3.05) is 6.54 Å². The minimum Gasteiger partial charge on any atom is -0.330 e. The van der Waals surface area contributed by atoms with E-state index in [-0.39, 0.29) is 0 Å². The van der Waals surface area contributed by atoms with Crippen molar-refractivity contribution in [3.63, 3.8) is 0 Å². The summed E-state index contributed by atoms with van der Waals surface area (Å²) in [6, 6.07) is 6.40. The maximum atomic E-state index is 5.59. The van der Waals surface area contributed by atoms with Crippen LogP contribution in [0.5, 0.6) is 0 Å². The van der Waals surface area contributed by atoms with Crippen molar-refractivity contribution in [3.05, 3.63) is 46.8 Å². The maximum absolute atomic E-state index is 5.59. The molecule has 0 amide bonds. The summed E-state index contributed by atoms with van der Waals surface area (Å²) < 4.78 is 1.95. The summed E-state index contributed by atoms with van der Waals surface area (Å²) in [6.45, 7) is 6.91. The number of hydrogen-bond donors (Lipinski definition) is 1. The Hall–Kier alpha value is -1.61. The second kappa shape index (κ2) is 4.72. The van der Waals surface area contributed by atoms with E-state index in [4.69, 9.17) is 5.73 Å². The minimum atomic E-state index is 0.666. The zero-order valence-electron chi connectivity index (χ0n) is 10.7. The highest BCUT2D eigenvalue weighted by Crippen LogP contribution is 2.17. The average molecular weight is 229 g/mol. The van der Waals surface area contributed by atoms with E-state index in [0.717, 1.165) is 17.8 Å². The summed E-state index contributed by atoms with van der Waals surface area (Å²) in [5, 5.41) is 4.55. The van der Waals surface area contributed by atoms with Crippen LogP contribution in [0.15, 0.2) is 24.4 Å². The first-order chi connectivity index (χ1) is 8.11. The third-order valence-electron chi connectivity index (χ3n) is 3.01. The summed E-state index contributed by atoms with van der Waals surface area (Å²) in [5.74, 6) is 0. The van der Waals surface area contributed by atoms with Gasteiger partial charge in [-0.15, -0.1) is 0 Å². The molecular weight excluding hydrogens is 210 g/mol. The fourth-order valence-corrected chi connectivity index (χ4v) is 2.08. The number of nitrogens with two attached hydrogens (primary N) is 1. The molecule has 0 radical (unpaired) electrons. The molecule has 0 unspecified atom stereocenters. The van der Waals surface area contributed by atoms with Crippen molar-refractivity contribution < 1.29 is 0 Å². The quantitative estimate of drug-likeness (QED) is 0.877. The Morgan fingerprint density at radius 2 is 2.00 bits per heavy atom. The highest BCUT2D eigenvalue weighted by molar-refractivity contribution is 5.42. The van der Waals surface area contributed by atoms with Crippen LogP contribution in [0.2, 0.25) is 0 Å². The van der Waals surface area contributed by atoms with Crippen LogP contribution in [0.4, 0.5) is 0 Å². The second-order valence-electron chi connectivity index (χ2n) is 4.51. The highest BCUT2D eigenvalue weighted by Gasteiger charge is 2.07. The van der Waals surface area contributed by atoms with Crippen molar-refractivity contribution in [1.82, 2.24) is 9.78 Å². The van der Waals surface area contributed by atoms with Gasteiger partial charge in [0.2, 0.25) is 0 Å². The lowest BCUT2D eigenvalue weighted by atomic mass is 10.1. The van der Waals surface area contributed by atoms with Crippen LogP contribution in [-0.4, -0.2) is 16.3 Å². The molecule has 0 aliphatic rings. The van der Waals surface area contributed by atoms with E-state index in [2.05, 4.69) is 43.3 Å². The van der Waals surface area contributed by atoms with Gasteiger partial charge in [-0.05, 0) is 50.9 Å². The standard InChI is InChI=1S/C14H19N3/c1-10-4-5-14(11(2)8-10)17-9-13(6-7-15)12(3)16-17/h4-5,8-9H,6-7,15H2,1-3H3. The van der Waals surface area contributed by atoms with Crippen LogP contribution in [0.3, 0.4) is 0 Å². The highest BCUT2D eigenvalue weighted by atomic mass is 15.3. The molecule has 0 atom stereocenters. The van der Waals surface area contributed by atoms with Gasteiger partial charge in [-0.2, -0.15) is 5.10 Å². The largest absolute Gasteiger partial charge is 0.330 e. The van der Waals surface area contributed by atoms with Crippen LogP contribution < -0.4 is 5.73 Å². The molecule has 0 fully saturated rings. The van der Waals surface area contributed by atoms with Gasteiger partial charge in [-0.1, -0.05) is 17.7 Å². The SMILES string of the molecule is Cc1ccc(-n2cc(CCN)c(C)n2)c(C)c1. The molecule has 17 heavy (non-hydrogen) atoms. The fraction of sp³-hybridized carbons (Fsp3) is 0.357. The van der Waals surface area contributed by atoms with Crippen molar-refractivity contribution in [2.45, 2.75) is 27.2 Å². The normalized spacial score (nSPS) is 10.8. The lowest BCUT2D eigenvalue weighted by Crippen LogP contribution is -2.02. The summed E-state index contributed by atoms with van der Waals surface area (Å²) in [7, 11) is 0. The molecule has 2 rings (SSSR count). The van der Waals surface area contributed by atoms with Crippen LogP contribution in [0.25, 0.3) is 5.69 Å². The molecule has 0 bridgehead atoms. The number of aryl methyl sites for hydroxylation is 3. The minimum absolute atomic E-state index is 0.666. The molecule has 3 heteroatoms. The smallest absolute Gasteiger partial charge is 0.0675 e. The van der Waals surface area contributed by atoms with E-state index in [9.17, 15) is 0 Å². The molecule has 1 heterocycles. The van der Waals surface area contributed by atoms with Crippen molar-refractivity contribution in [2.24, 2.45) is 5.73 Å². The summed E-state index contributed by atoms with van der Waals surface area (Å²) in [5.41, 5.74) is 11.5. The van der Waals surface area contributed by atoms with Crippen molar-refractivity contribution in [3.8, 4) is 5.69 Å². The predicted octanol–water partition coefficient (Wildman–Crippen LogP) is 2.30. The Morgan fingerprint density at radius 1 is 1.24 bits per heavy atom. The molecule has 0 aliphatic carbocycles. The molecule has 3 nitrogen and oxygen atoms in total. The molecule has 1 aromatic carbocycles. The molecule has 0 spiro atoms. The summed E-state index contributed by atoms with van der Waals surface area (Å²) >= 11 is 0. The number of nitrogens with zero attached hydrogens (tertiary/aromatic N) is 2. The monoisotopic (exact) mass is 229 g/mol. The Morgan fingerprint density at radius 3 is 2.65 bits per heavy atom. The zero-order chi connectivity index (χ0) is 12.4. The Balaban J connectivity index is 2.42. The van der Waals surface area contributed by atoms with Crippen LogP contribution in [0.1, 0.15) is 22.4 Å². The predicted molar refractivity (Wildman–Crippen MR) is 70.5 cm³/mol. The van der Waals surface area contributed by atoms with E-state index in [1.54, 1.807) is 0 Å².